The Bertz CT molecular complexity index is 1460. The van der Waals surface area contributed by atoms with E-state index in [9.17, 15) is 14.7 Å². The number of carbonyl (C=O) groups excluding carboxylic acids is 2. The zero-order valence-electron chi connectivity index (χ0n) is 23.4. The van der Waals surface area contributed by atoms with Gasteiger partial charge in [-0.3, -0.25) is 14.5 Å². The summed E-state index contributed by atoms with van der Waals surface area (Å²) >= 11 is 0. The van der Waals surface area contributed by atoms with Crippen LogP contribution < -0.4 is 30.1 Å². The van der Waals surface area contributed by atoms with E-state index in [1.54, 1.807) is 37.6 Å². The van der Waals surface area contributed by atoms with Crippen LogP contribution in [-0.4, -0.2) is 84.9 Å². The largest absolute Gasteiger partial charge is 0.494 e. The quantitative estimate of drug-likeness (QED) is 0.355. The molecule has 0 radical (unpaired) electrons. The number of likely N-dealkylation sites (N-methyl/N-ethyl adjacent to an activating group) is 2. The number of aliphatic hydroxyl groups excluding tert-OH is 1. The number of rotatable bonds is 8. The number of nitrogens with zero attached hydrogens (tertiary/aromatic N) is 6. The predicted molar refractivity (Wildman–Crippen MR) is 159 cm³/mol. The second kappa shape index (κ2) is 11.8. The van der Waals surface area contributed by atoms with Crippen LogP contribution in [0.4, 0.5) is 40.2 Å². The predicted octanol–water partition coefficient (Wildman–Crippen LogP) is 2.93. The van der Waals surface area contributed by atoms with Crippen LogP contribution in [0.15, 0.2) is 61.3 Å². The lowest BCUT2D eigenvalue weighted by atomic mass is 10.2. The highest BCUT2D eigenvalue weighted by molar-refractivity contribution is 6.06. The molecule has 2 aliphatic rings. The molecule has 12 heteroatoms. The van der Waals surface area contributed by atoms with Gasteiger partial charge in [-0.15, -0.1) is 0 Å². The van der Waals surface area contributed by atoms with Crippen LogP contribution >= 0.6 is 0 Å². The molecule has 0 aliphatic carbocycles. The molecule has 0 bridgehead atoms. The molecule has 3 N–H and O–H groups in total. The number of carbonyl (C=O) groups is 2. The molecule has 1 saturated heterocycles. The minimum absolute atomic E-state index is 0.258. The van der Waals surface area contributed by atoms with Gasteiger partial charge < -0.3 is 35.2 Å². The van der Waals surface area contributed by atoms with Crippen molar-refractivity contribution in [2.75, 3.05) is 72.2 Å². The van der Waals surface area contributed by atoms with Crippen LogP contribution in [0.3, 0.4) is 0 Å². The fourth-order valence-electron chi connectivity index (χ4n) is 4.96. The number of fused-ring (bicyclic) bond motifs is 1. The van der Waals surface area contributed by atoms with Crippen molar-refractivity contribution in [3.63, 3.8) is 0 Å². The molecule has 3 aromatic rings. The lowest BCUT2D eigenvalue weighted by molar-refractivity contribution is -0.126. The molecule has 0 saturated carbocycles. The zero-order chi connectivity index (χ0) is 29.1. The summed E-state index contributed by atoms with van der Waals surface area (Å²) in [6.07, 6.45) is 1.18. The van der Waals surface area contributed by atoms with Gasteiger partial charge in [-0.05, 0) is 50.4 Å². The van der Waals surface area contributed by atoms with E-state index in [1.165, 1.54) is 9.80 Å². The topological polar surface area (TPSA) is 126 Å². The van der Waals surface area contributed by atoms with Gasteiger partial charge in [0.25, 0.3) is 5.91 Å². The molecule has 0 spiro atoms. The minimum atomic E-state index is -1.53. The van der Waals surface area contributed by atoms with E-state index in [0.29, 0.717) is 40.9 Å². The minimum Gasteiger partial charge on any atom is -0.494 e. The SMILES string of the molecule is C=CC(=O)Nc1cccc(N2c3nc(Nc4ccc(N5CCN(C)CC5)cc4OC)ncc3N(CC)C(=O)C2O)c1. The summed E-state index contributed by atoms with van der Waals surface area (Å²) in [5.41, 5.74) is 3.13. The normalized spacial score (nSPS) is 17.2. The highest BCUT2D eigenvalue weighted by atomic mass is 16.5. The van der Waals surface area contributed by atoms with Crippen molar-refractivity contribution in [2.45, 2.75) is 13.2 Å². The van der Waals surface area contributed by atoms with Crippen molar-refractivity contribution >= 4 is 52.0 Å². The van der Waals surface area contributed by atoms with Gasteiger partial charge >= 0.3 is 0 Å². The molecule has 2 amide bonds. The number of ether oxygens (including phenoxy) is 1. The van der Waals surface area contributed by atoms with Crippen molar-refractivity contribution in [3.05, 3.63) is 61.3 Å². The second-order valence-electron chi connectivity index (χ2n) is 9.77. The highest BCUT2D eigenvalue weighted by Crippen LogP contribution is 2.40. The van der Waals surface area contributed by atoms with Gasteiger partial charge in [0.15, 0.2) is 5.82 Å². The fourth-order valence-corrected chi connectivity index (χ4v) is 4.96. The van der Waals surface area contributed by atoms with E-state index >= 15 is 0 Å². The maximum atomic E-state index is 13.1. The Morgan fingerprint density at radius 1 is 1.17 bits per heavy atom. The molecule has 41 heavy (non-hydrogen) atoms. The number of hydrogen-bond donors (Lipinski definition) is 3. The Balaban J connectivity index is 1.49. The summed E-state index contributed by atoms with van der Waals surface area (Å²) in [4.78, 5) is 41.7. The summed E-state index contributed by atoms with van der Waals surface area (Å²) in [5.74, 6) is 0.336. The molecule has 3 heterocycles. The van der Waals surface area contributed by atoms with Gasteiger partial charge in [0, 0.05) is 55.9 Å². The van der Waals surface area contributed by atoms with Crippen LogP contribution in [0, 0.1) is 0 Å². The average Bonchev–Trinajstić information content (AvgIpc) is 2.98. The fraction of sp³-hybridized carbons (Fsp3) is 0.310. The first kappa shape index (κ1) is 27.9. The third kappa shape index (κ3) is 5.65. The molecule has 1 atom stereocenters. The van der Waals surface area contributed by atoms with E-state index in [0.717, 1.165) is 37.9 Å². The number of nitrogens with one attached hydrogen (secondary N) is 2. The number of hydrogen-bond acceptors (Lipinski definition) is 10. The third-order valence-electron chi connectivity index (χ3n) is 7.19. The van der Waals surface area contributed by atoms with Crippen LogP contribution in [0.1, 0.15) is 6.92 Å². The number of amides is 2. The van der Waals surface area contributed by atoms with E-state index in [-0.39, 0.29) is 11.9 Å². The number of benzene rings is 2. The number of aliphatic hydroxyl groups is 1. The summed E-state index contributed by atoms with van der Waals surface area (Å²) in [6.45, 7) is 9.47. The molecule has 1 fully saturated rings. The molecule has 5 rings (SSSR count). The first-order valence-electron chi connectivity index (χ1n) is 13.4. The Morgan fingerprint density at radius 2 is 1.95 bits per heavy atom. The number of anilines is 7. The second-order valence-corrected chi connectivity index (χ2v) is 9.77. The molecule has 2 aromatic carbocycles. The van der Waals surface area contributed by atoms with Crippen LogP contribution in [0.2, 0.25) is 0 Å². The Kier molecular flexibility index (Phi) is 8.04. The lowest BCUT2D eigenvalue weighted by Crippen LogP contribution is -2.52. The molecule has 12 nitrogen and oxygen atoms in total. The van der Waals surface area contributed by atoms with Crippen LogP contribution in [0.5, 0.6) is 5.75 Å². The van der Waals surface area contributed by atoms with Crippen molar-refractivity contribution in [1.29, 1.82) is 0 Å². The molecular formula is C29H34N8O4. The van der Waals surface area contributed by atoms with E-state index < -0.39 is 12.1 Å². The Morgan fingerprint density at radius 3 is 2.66 bits per heavy atom. The molecule has 2 aliphatic heterocycles. The van der Waals surface area contributed by atoms with Crippen LogP contribution in [0.25, 0.3) is 0 Å². The summed E-state index contributed by atoms with van der Waals surface area (Å²) < 4.78 is 5.69. The van der Waals surface area contributed by atoms with Gasteiger partial charge in [-0.1, -0.05) is 12.6 Å². The van der Waals surface area contributed by atoms with Crippen molar-refractivity contribution in [1.82, 2.24) is 14.9 Å². The van der Waals surface area contributed by atoms with Crippen molar-refractivity contribution < 1.29 is 19.4 Å². The monoisotopic (exact) mass is 558 g/mol. The molecule has 1 unspecified atom stereocenters. The maximum absolute atomic E-state index is 13.1. The summed E-state index contributed by atoms with van der Waals surface area (Å²) in [6, 6.07) is 12.7. The molecule has 214 valence electrons. The third-order valence-corrected chi connectivity index (χ3v) is 7.19. The van der Waals surface area contributed by atoms with Gasteiger partial charge in [-0.2, -0.15) is 4.98 Å². The van der Waals surface area contributed by atoms with Crippen LogP contribution in [-0.2, 0) is 9.59 Å². The number of piperazine rings is 1. The number of methoxy groups -OCH3 is 1. The summed E-state index contributed by atoms with van der Waals surface area (Å²) in [7, 11) is 3.74. The van der Waals surface area contributed by atoms with Gasteiger partial charge in [-0.25, -0.2) is 4.98 Å². The Labute approximate surface area is 238 Å². The highest BCUT2D eigenvalue weighted by Gasteiger charge is 2.39. The molecule has 1 aromatic heterocycles. The lowest BCUT2D eigenvalue weighted by Gasteiger charge is -2.39. The van der Waals surface area contributed by atoms with Crippen molar-refractivity contribution in [3.8, 4) is 5.75 Å². The van der Waals surface area contributed by atoms with E-state index in [2.05, 4.69) is 39.0 Å². The number of aromatic nitrogens is 2. The van der Waals surface area contributed by atoms with E-state index in [4.69, 9.17) is 9.72 Å². The van der Waals surface area contributed by atoms with Crippen molar-refractivity contribution in [2.24, 2.45) is 0 Å². The molecular weight excluding hydrogens is 524 g/mol. The first-order chi connectivity index (χ1) is 19.8. The average molecular weight is 559 g/mol. The standard InChI is InChI=1S/C29H34N8O4/c1-5-25(38)31-19-8-7-9-21(16-19)37-26-23(36(6-2)27(39)28(37)40)18-30-29(33-26)32-22-11-10-20(17-24(22)41-4)35-14-12-34(3)13-15-35/h5,7-11,16-18,28,40H,1,6,12-15H2,2-4H3,(H,31,38)(H,30,32,33). The van der Waals surface area contributed by atoms with Gasteiger partial charge in [0.2, 0.25) is 18.1 Å². The summed E-state index contributed by atoms with van der Waals surface area (Å²) in [5, 5.41) is 17.1. The first-order valence-corrected chi connectivity index (χ1v) is 13.4. The zero-order valence-corrected chi connectivity index (χ0v) is 23.4. The maximum Gasteiger partial charge on any atom is 0.277 e. The van der Waals surface area contributed by atoms with Gasteiger partial charge in [0.05, 0.1) is 19.0 Å². The Hall–Kier alpha value is -4.68. The smallest absolute Gasteiger partial charge is 0.277 e. The van der Waals surface area contributed by atoms with E-state index in [1.807, 2.05) is 25.1 Å². The van der Waals surface area contributed by atoms with Gasteiger partial charge in [0.1, 0.15) is 11.4 Å².